The van der Waals surface area contributed by atoms with Crippen LogP contribution in [0.3, 0.4) is 0 Å². The van der Waals surface area contributed by atoms with Crippen LogP contribution < -0.4 is 11.1 Å². The second-order valence-corrected chi connectivity index (χ2v) is 5.51. The second-order valence-electron chi connectivity index (χ2n) is 4.29. The summed E-state index contributed by atoms with van der Waals surface area (Å²) in [5.41, 5.74) is 5.26. The van der Waals surface area contributed by atoms with Crippen molar-refractivity contribution in [3.05, 3.63) is 27.2 Å². The van der Waals surface area contributed by atoms with Gasteiger partial charge in [0, 0.05) is 6.54 Å². The van der Waals surface area contributed by atoms with Crippen LogP contribution in [0.4, 0.5) is 5.69 Å². The zero-order valence-corrected chi connectivity index (χ0v) is 11.7. The first kappa shape index (κ1) is 14.6. The highest BCUT2D eigenvalue weighted by atomic mass is 35.5. The lowest BCUT2D eigenvalue weighted by atomic mass is 9.92. The van der Waals surface area contributed by atoms with Crippen LogP contribution in [0.1, 0.15) is 13.8 Å². The third-order valence-corrected chi connectivity index (χ3v) is 3.42. The minimum absolute atomic E-state index is 0.222. The highest BCUT2D eigenvalue weighted by molar-refractivity contribution is 6.44. The SMILES string of the molecule is CC(C)(CN)C(=O)Nc1cc(Cl)c(Cl)cc1Cl. The molecule has 0 aliphatic heterocycles. The van der Waals surface area contributed by atoms with Crippen LogP contribution >= 0.6 is 34.8 Å². The van der Waals surface area contributed by atoms with E-state index >= 15 is 0 Å². The molecule has 0 spiro atoms. The molecular formula is C11H13Cl3N2O. The fourth-order valence-corrected chi connectivity index (χ4v) is 1.60. The van der Waals surface area contributed by atoms with Gasteiger partial charge in [-0.25, -0.2) is 0 Å². The average molecular weight is 296 g/mol. The van der Waals surface area contributed by atoms with Gasteiger partial charge < -0.3 is 11.1 Å². The standard InChI is InChI=1S/C11H13Cl3N2O/c1-11(2,5-15)10(17)16-9-4-7(13)6(12)3-8(9)14/h3-4H,5,15H2,1-2H3,(H,16,17). The molecule has 0 aliphatic carbocycles. The quantitative estimate of drug-likeness (QED) is 0.838. The van der Waals surface area contributed by atoms with E-state index in [1.54, 1.807) is 13.8 Å². The summed E-state index contributed by atoms with van der Waals surface area (Å²) < 4.78 is 0. The molecule has 0 fully saturated rings. The molecular weight excluding hydrogens is 282 g/mol. The number of rotatable bonds is 3. The highest BCUT2D eigenvalue weighted by Crippen LogP contribution is 2.33. The van der Waals surface area contributed by atoms with E-state index in [2.05, 4.69) is 5.32 Å². The Morgan fingerprint density at radius 1 is 1.24 bits per heavy atom. The molecule has 0 radical (unpaired) electrons. The summed E-state index contributed by atoms with van der Waals surface area (Å²) in [6.45, 7) is 3.72. The third kappa shape index (κ3) is 3.49. The molecule has 3 N–H and O–H groups in total. The minimum atomic E-state index is -0.671. The van der Waals surface area contributed by atoms with E-state index in [-0.39, 0.29) is 12.5 Å². The number of hydrogen-bond donors (Lipinski definition) is 2. The van der Waals surface area contributed by atoms with Crippen molar-refractivity contribution in [2.24, 2.45) is 11.1 Å². The minimum Gasteiger partial charge on any atom is -0.329 e. The van der Waals surface area contributed by atoms with Crippen molar-refractivity contribution in [3.63, 3.8) is 0 Å². The van der Waals surface area contributed by atoms with Crippen molar-refractivity contribution in [3.8, 4) is 0 Å². The van der Waals surface area contributed by atoms with E-state index < -0.39 is 5.41 Å². The van der Waals surface area contributed by atoms with E-state index in [9.17, 15) is 4.79 Å². The molecule has 6 heteroatoms. The van der Waals surface area contributed by atoms with Crippen molar-refractivity contribution in [2.75, 3.05) is 11.9 Å². The van der Waals surface area contributed by atoms with Gasteiger partial charge in [0.15, 0.2) is 0 Å². The summed E-state index contributed by atoms with van der Waals surface area (Å²) in [6, 6.07) is 2.99. The molecule has 0 saturated carbocycles. The van der Waals surface area contributed by atoms with E-state index in [4.69, 9.17) is 40.5 Å². The smallest absolute Gasteiger partial charge is 0.231 e. The van der Waals surface area contributed by atoms with Gasteiger partial charge in [0.2, 0.25) is 5.91 Å². The lowest BCUT2D eigenvalue weighted by Crippen LogP contribution is -2.37. The summed E-state index contributed by atoms with van der Waals surface area (Å²) in [6.07, 6.45) is 0. The predicted octanol–water partition coefficient (Wildman–Crippen LogP) is 3.57. The third-order valence-electron chi connectivity index (χ3n) is 2.38. The molecule has 0 unspecified atom stereocenters. The monoisotopic (exact) mass is 294 g/mol. The Kier molecular flexibility index (Phi) is 4.67. The number of anilines is 1. The first-order chi connectivity index (χ1) is 7.77. The van der Waals surface area contributed by atoms with Gasteiger partial charge in [0.1, 0.15) is 0 Å². The lowest BCUT2D eigenvalue weighted by molar-refractivity contribution is -0.123. The molecule has 1 rings (SSSR count). The molecule has 1 aromatic carbocycles. The fourth-order valence-electron chi connectivity index (χ4n) is 1.00. The zero-order valence-electron chi connectivity index (χ0n) is 9.48. The summed E-state index contributed by atoms with van der Waals surface area (Å²) in [4.78, 5) is 11.9. The summed E-state index contributed by atoms with van der Waals surface area (Å²) in [5.74, 6) is -0.222. The van der Waals surface area contributed by atoms with Crippen molar-refractivity contribution < 1.29 is 4.79 Å². The number of nitrogens with two attached hydrogens (primary N) is 1. The number of carbonyl (C=O) groups is 1. The maximum atomic E-state index is 11.9. The average Bonchev–Trinajstić information content (AvgIpc) is 2.25. The predicted molar refractivity (Wildman–Crippen MR) is 72.9 cm³/mol. The summed E-state index contributed by atoms with van der Waals surface area (Å²) >= 11 is 17.6. The van der Waals surface area contributed by atoms with E-state index in [1.165, 1.54) is 12.1 Å². The van der Waals surface area contributed by atoms with Crippen molar-refractivity contribution in [1.82, 2.24) is 0 Å². The van der Waals surface area contributed by atoms with Gasteiger partial charge in [-0.05, 0) is 26.0 Å². The normalized spacial score (nSPS) is 11.4. The van der Waals surface area contributed by atoms with E-state index in [0.29, 0.717) is 20.8 Å². The van der Waals surface area contributed by atoms with Crippen molar-refractivity contribution >= 4 is 46.4 Å². The topological polar surface area (TPSA) is 55.1 Å². The maximum Gasteiger partial charge on any atom is 0.231 e. The molecule has 3 nitrogen and oxygen atoms in total. The van der Waals surface area contributed by atoms with Gasteiger partial charge in [0.05, 0.1) is 26.2 Å². The largest absolute Gasteiger partial charge is 0.329 e. The molecule has 0 saturated heterocycles. The molecule has 0 atom stereocenters. The van der Waals surface area contributed by atoms with Crippen LogP contribution in [0.25, 0.3) is 0 Å². The van der Waals surface area contributed by atoms with E-state index in [0.717, 1.165) is 0 Å². The van der Waals surface area contributed by atoms with Crippen LogP contribution in [-0.2, 0) is 4.79 Å². The molecule has 0 aliphatic rings. The summed E-state index contributed by atoms with van der Waals surface area (Å²) in [5, 5.41) is 3.68. The number of carbonyl (C=O) groups excluding carboxylic acids is 1. The number of amides is 1. The Bertz CT molecular complexity index is 447. The van der Waals surface area contributed by atoms with Crippen LogP contribution in [-0.4, -0.2) is 12.5 Å². The Balaban J connectivity index is 2.97. The number of halogens is 3. The van der Waals surface area contributed by atoms with Crippen LogP contribution in [0.15, 0.2) is 12.1 Å². The van der Waals surface area contributed by atoms with Crippen LogP contribution in [0.2, 0.25) is 15.1 Å². The zero-order chi connectivity index (χ0) is 13.2. The summed E-state index contributed by atoms with van der Waals surface area (Å²) in [7, 11) is 0. The number of hydrogen-bond acceptors (Lipinski definition) is 2. The Morgan fingerprint density at radius 3 is 2.29 bits per heavy atom. The highest BCUT2D eigenvalue weighted by Gasteiger charge is 2.26. The molecule has 1 aromatic rings. The molecule has 17 heavy (non-hydrogen) atoms. The Labute approximate surface area is 115 Å². The molecule has 1 amide bonds. The maximum absolute atomic E-state index is 11.9. The second kappa shape index (κ2) is 5.44. The Morgan fingerprint density at radius 2 is 1.76 bits per heavy atom. The molecule has 0 bridgehead atoms. The van der Waals surface area contributed by atoms with E-state index in [1.807, 2.05) is 0 Å². The van der Waals surface area contributed by atoms with Gasteiger partial charge in [-0.3, -0.25) is 4.79 Å². The molecule has 94 valence electrons. The molecule has 0 aromatic heterocycles. The number of benzene rings is 1. The van der Waals surface area contributed by atoms with Gasteiger partial charge in [-0.1, -0.05) is 34.8 Å². The molecule has 0 heterocycles. The van der Waals surface area contributed by atoms with Gasteiger partial charge >= 0.3 is 0 Å². The van der Waals surface area contributed by atoms with Gasteiger partial charge in [-0.2, -0.15) is 0 Å². The Hall–Kier alpha value is -0.480. The lowest BCUT2D eigenvalue weighted by Gasteiger charge is -2.21. The van der Waals surface area contributed by atoms with Crippen molar-refractivity contribution in [1.29, 1.82) is 0 Å². The first-order valence-electron chi connectivity index (χ1n) is 4.94. The fraction of sp³-hybridized carbons (Fsp3) is 0.364. The first-order valence-corrected chi connectivity index (χ1v) is 6.07. The van der Waals surface area contributed by atoms with Gasteiger partial charge in [-0.15, -0.1) is 0 Å². The van der Waals surface area contributed by atoms with Crippen molar-refractivity contribution in [2.45, 2.75) is 13.8 Å². The van der Waals surface area contributed by atoms with Crippen LogP contribution in [0.5, 0.6) is 0 Å². The van der Waals surface area contributed by atoms with Crippen LogP contribution in [0, 0.1) is 5.41 Å². The number of nitrogens with one attached hydrogen (secondary N) is 1. The van der Waals surface area contributed by atoms with Gasteiger partial charge in [0.25, 0.3) is 0 Å².